The Hall–Kier alpha value is -1.39. The molecule has 0 radical (unpaired) electrons. The molecule has 0 saturated carbocycles. The van der Waals surface area contributed by atoms with Gasteiger partial charge < -0.3 is 10.4 Å². The van der Waals surface area contributed by atoms with Gasteiger partial charge in [0.2, 0.25) is 0 Å². The summed E-state index contributed by atoms with van der Waals surface area (Å²) in [4.78, 5) is 13.0. The molecule has 1 heterocycles. The Morgan fingerprint density at radius 2 is 2.06 bits per heavy atom. The molecule has 2 rings (SSSR count). The van der Waals surface area contributed by atoms with E-state index in [9.17, 15) is 4.79 Å². The van der Waals surface area contributed by atoms with Crippen LogP contribution >= 0.6 is 0 Å². The summed E-state index contributed by atoms with van der Waals surface area (Å²) in [5.41, 5.74) is 1.50. The van der Waals surface area contributed by atoms with E-state index in [4.69, 9.17) is 5.11 Å². The lowest BCUT2D eigenvalue weighted by atomic mass is 10.1. The number of nitrogens with one attached hydrogen (secondary N) is 1. The molecule has 0 atom stereocenters. The van der Waals surface area contributed by atoms with Crippen LogP contribution in [0.2, 0.25) is 0 Å². The van der Waals surface area contributed by atoms with Crippen molar-refractivity contribution in [3.05, 3.63) is 35.4 Å². The summed E-state index contributed by atoms with van der Waals surface area (Å²) in [5, 5.41) is 12.0. The molecule has 1 aliphatic rings. The number of nitrogens with zero attached hydrogens (tertiary/aromatic N) is 1. The van der Waals surface area contributed by atoms with Gasteiger partial charge in [0.15, 0.2) is 0 Å². The number of benzene rings is 1. The van der Waals surface area contributed by atoms with Gasteiger partial charge in [-0.05, 0) is 24.7 Å². The van der Waals surface area contributed by atoms with Crippen LogP contribution in [0.4, 0.5) is 0 Å². The van der Waals surface area contributed by atoms with Crippen LogP contribution in [0.5, 0.6) is 0 Å². The second kappa shape index (κ2) is 4.63. The molecule has 1 fully saturated rings. The fourth-order valence-corrected chi connectivity index (χ4v) is 1.75. The highest BCUT2D eigenvalue weighted by Crippen LogP contribution is 2.10. The van der Waals surface area contributed by atoms with Crippen molar-refractivity contribution in [2.45, 2.75) is 12.6 Å². The van der Waals surface area contributed by atoms with E-state index in [0.717, 1.165) is 25.2 Å². The predicted octanol–water partition coefficient (Wildman–Crippen LogP) is 0.788. The first-order valence-electron chi connectivity index (χ1n) is 5.40. The number of carbonyl (C=O) groups is 1. The molecule has 1 aromatic rings. The number of likely N-dealkylation sites (N-methyl/N-ethyl adjacent to an activating group) is 1. The highest BCUT2D eigenvalue weighted by atomic mass is 16.4. The van der Waals surface area contributed by atoms with E-state index in [1.165, 1.54) is 0 Å². The smallest absolute Gasteiger partial charge is 0.335 e. The van der Waals surface area contributed by atoms with Crippen molar-refractivity contribution < 1.29 is 9.90 Å². The first kappa shape index (κ1) is 11.1. The van der Waals surface area contributed by atoms with Crippen LogP contribution < -0.4 is 5.32 Å². The number of hydrogen-bond acceptors (Lipinski definition) is 3. The average molecular weight is 220 g/mol. The molecule has 0 aromatic heterocycles. The van der Waals surface area contributed by atoms with Crippen LogP contribution in [0.25, 0.3) is 0 Å². The van der Waals surface area contributed by atoms with Crippen LogP contribution in [0.3, 0.4) is 0 Å². The van der Waals surface area contributed by atoms with Gasteiger partial charge in [-0.25, -0.2) is 4.79 Å². The quantitative estimate of drug-likeness (QED) is 0.787. The van der Waals surface area contributed by atoms with E-state index in [-0.39, 0.29) is 0 Å². The van der Waals surface area contributed by atoms with Crippen molar-refractivity contribution in [3.63, 3.8) is 0 Å². The zero-order valence-electron chi connectivity index (χ0n) is 9.31. The lowest BCUT2D eigenvalue weighted by molar-refractivity contribution is 0.0697. The fourth-order valence-electron chi connectivity index (χ4n) is 1.75. The summed E-state index contributed by atoms with van der Waals surface area (Å²) in [7, 11) is 2.09. The first-order valence-corrected chi connectivity index (χ1v) is 5.40. The summed E-state index contributed by atoms with van der Waals surface area (Å²) < 4.78 is 0. The monoisotopic (exact) mass is 220 g/mol. The Balaban J connectivity index is 1.96. The van der Waals surface area contributed by atoms with Gasteiger partial charge in [0.1, 0.15) is 0 Å². The molecule has 16 heavy (non-hydrogen) atoms. The van der Waals surface area contributed by atoms with E-state index in [0.29, 0.717) is 11.6 Å². The average Bonchev–Trinajstić information content (AvgIpc) is 2.15. The summed E-state index contributed by atoms with van der Waals surface area (Å²) in [6.45, 7) is 2.96. The summed E-state index contributed by atoms with van der Waals surface area (Å²) in [6.07, 6.45) is 0. The van der Waals surface area contributed by atoms with Crippen molar-refractivity contribution >= 4 is 5.97 Å². The van der Waals surface area contributed by atoms with Crippen molar-refractivity contribution in [1.82, 2.24) is 10.2 Å². The third-order valence-corrected chi connectivity index (χ3v) is 3.02. The second-order valence-corrected chi connectivity index (χ2v) is 4.23. The molecule has 4 nitrogen and oxygen atoms in total. The van der Waals surface area contributed by atoms with Crippen LogP contribution in [-0.2, 0) is 6.54 Å². The van der Waals surface area contributed by atoms with Gasteiger partial charge in [-0.1, -0.05) is 12.1 Å². The zero-order chi connectivity index (χ0) is 11.5. The third kappa shape index (κ3) is 2.40. The minimum absolute atomic E-state index is 0.344. The van der Waals surface area contributed by atoms with Gasteiger partial charge in [0.05, 0.1) is 5.56 Å². The number of aromatic carboxylic acids is 1. The van der Waals surface area contributed by atoms with Gasteiger partial charge >= 0.3 is 5.97 Å². The Morgan fingerprint density at radius 3 is 2.50 bits per heavy atom. The SMILES string of the molecule is CN(Cc1ccc(C(=O)O)cc1)C1CNC1. The van der Waals surface area contributed by atoms with E-state index in [1.54, 1.807) is 12.1 Å². The second-order valence-electron chi connectivity index (χ2n) is 4.23. The fraction of sp³-hybridized carbons (Fsp3) is 0.417. The van der Waals surface area contributed by atoms with Gasteiger partial charge in [0.25, 0.3) is 0 Å². The number of carboxylic acids is 1. The number of carboxylic acid groups (broad SMARTS) is 1. The van der Waals surface area contributed by atoms with E-state index < -0.39 is 5.97 Å². The van der Waals surface area contributed by atoms with Crippen molar-refractivity contribution in [2.75, 3.05) is 20.1 Å². The standard InChI is InChI=1S/C12H16N2O2/c1-14(11-6-13-7-11)8-9-2-4-10(5-3-9)12(15)16/h2-5,11,13H,6-8H2,1H3,(H,15,16). The zero-order valence-corrected chi connectivity index (χ0v) is 9.31. The lowest BCUT2D eigenvalue weighted by Gasteiger charge is -2.35. The van der Waals surface area contributed by atoms with E-state index in [1.807, 2.05) is 12.1 Å². The van der Waals surface area contributed by atoms with Crippen LogP contribution in [0, 0.1) is 0 Å². The molecule has 1 aromatic carbocycles. The van der Waals surface area contributed by atoms with Gasteiger partial charge in [-0.3, -0.25) is 4.90 Å². The minimum atomic E-state index is -0.872. The van der Waals surface area contributed by atoms with Crippen molar-refractivity contribution in [1.29, 1.82) is 0 Å². The molecule has 1 aliphatic heterocycles. The van der Waals surface area contributed by atoms with Crippen LogP contribution in [0.15, 0.2) is 24.3 Å². The molecule has 0 bridgehead atoms. The molecule has 0 spiro atoms. The molecule has 0 unspecified atom stereocenters. The molecule has 0 amide bonds. The third-order valence-electron chi connectivity index (χ3n) is 3.02. The summed E-state index contributed by atoms with van der Waals surface area (Å²) in [5.74, 6) is -0.872. The van der Waals surface area contributed by atoms with E-state index >= 15 is 0 Å². The maximum Gasteiger partial charge on any atom is 0.335 e. The Labute approximate surface area is 94.9 Å². The lowest BCUT2D eigenvalue weighted by Crippen LogP contribution is -2.55. The number of hydrogen-bond donors (Lipinski definition) is 2. The Bertz CT molecular complexity index is 371. The van der Waals surface area contributed by atoms with Gasteiger partial charge in [-0.15, -0.1) is 0 Å². The van der Waals surface area contributed by atoms with Gasteiger partial charge in [-0.2, -0.15) is 0 Å². The predicted molar refractivity (Wildman–Crippen MR) is 61.5 cm³/mol. The van der Waals surface area contributed by atoms with Crippen molar-refractivity contribution in [3.8, 4) is 0 Å². The molecular weight excluding hydrogens is 204 g/mol. The van der Waals surface area contributed by atoms with E-state index in [2.05, 4.69) is 17.3 Å². The Morgan fingerprint density at radius 1 is 1.44 bits per heavy atom. The largest absolute Gasteiger partial charge is 0.478 e. The Kier molecular flexibility index (Phi) is 3.22. The molecule has 4 heteroatoms. The molecule has 0 aliphatic carbocycles. The van der Waals surface area contributed by atoms with Crippen LogP contribution in [-0.4, -0.2) is 42.2 Å². The molecule has 86 valence electrons. The molecule has 1 saturated heterocycles. The summed E-state index contributed by atoms with van der Waals surface area (Å²) in [6, 6.07) is 7.69. The normalized spacial score (nSPS) is 16.1. The minimum Gasteiger partial charge on any atom is -0.478 e. The number of rotatable bonds is 4. The summed E-state index contributed by atoms with van der Waals surface area (Å²) >= 11 is 0. The molecular formula is C12H16N2O2. The van der Waals surface area contributed by atoms with Crippen LogP contribution in [0.1, 0.15) is 15.9 Å². The topological polar surface area (TPSA) is 52.6 Å². The maximum atomic E-state index is 10.7. The van der Waals surface area contributed by atoms with Gasteiger partial charge in [0, 0.05) is 25.7 Å². The highest BCUT2D eigenvalue weighted by molar-refractivity contribution is 5.87. The van der Waals surface area contributed by atoms with Crippen molar-refractivity contribution in [2.24, 2.45) is 0 Å². The molecule has 2 N–H and O–H groups in total. The first-order chi connectivity index (χ1) is 7.66. The maximum absolute atomic E-state index is 10.7. The highest BCUT2D eigenvalue weighted by Gasteiger charge is 2.21.